The predicted molar refractivity (Wildman–Crippen MR) is 96.8 cm³/mol. The summed E-state index contributed by atoms with van der Waals surface area (Å²) >= 11 is 0. The number of esters is 1. The number of carbonyl (C=O) groups excluding carboxylic acids is 3. The van der Waals surface area contributed by atoms with E-state index in [1.54, 1.807) is 29.2 Å². The highest BCUT2D eigenvalue weighted by Gasteiger charge is 2.38. The van der Waals surface area contributed by atoms with Crippen LogP contribution in [0.5, 0.6) is 5.75 Å². The maximum absolute atomic E-state index is 12.4. The molecule has 0 aromatic heterocycles. The third kappa shape index (κ3) is 3.82. The lowest BCUT2D eigenvalue weighted by Crippen LogP contribution is -2.30. The van der Waals surface area contributed by atoms with E-state index >= 15 is 0 Å². The van der Waals surface area contributed by atoms with Crippen molar-refractivity contribution in [2.45, 2.75) is 26.3 Å². The van der Waals surface area contributed by atoms with E-state index in [0.29, 0.717) is 17.9 Å². The molecule has 134 valence electrons. The molecular weight excluding hydrogens is 330 g/mol. The number of hydrogen-bond donors (Lipinski definition) is 0. The van der Waals surface area contributed by atoms with Crippen LogP contribution in [0.4, 0.5) is 0 Å². The number of benzene rings is 2. The van der Waals surface area contributed by atoms with Crippen molar-refractivity contribution in [1.29, 1.82) is 0 Å². The molecule has 3 rings (SSSR count). The molecule has 2 aromatic carbocycles. The summed E-state index contributed by atoms with van der Waals surface area (Å²) in [5.74, 6) is -0.620. The molecule has 2 aromatic rings. The minimum absolute atomic E-state index is 0.0461. The number of likely N-dealkylation sites (tertiary alicyclic amines) is 1. The lowest BCUT2D eigenvalue weighted by atomic mass is 10.1. The molecule has 0 unspecified atom stereocenters. The molecule has 5 heteroatoms. The fraction of sp³-hybridized carbons (Fsp3) is 0.286. The van der Waals surface area contributed by atoms with Crippen LogP contribution in [0.3, 0.4) is 0 Å². The quantitative estimate of drug-likeness (QED) is 0.470. The third-order valence-corrected chi connectivity index (χ3v) is 4.72. The Bertz CT molecular complexity index is 814. The molecule has 0 saturated carbocycles. The van der Waals surface area contributed by atoms with Gasteiger partial charge in [-0.25, -0.2) is 0 Å². The smallest absolute Gasteiger partial charge is 0.316 e. The summed E-state index contributed by atoms with van der Waals surface area (Å²) in [6.07, 6.45) is 0.154. The summed E-state index contributed by atoms with van der Waals surface area (Å²) in [6, 6.07) is 16.1. The highest BCUT2D eigenvalue weighted by Crippen LogP contribution is 2.29. The Labute approximate surface area is 152 Å². The fourth-order valence-corrected chi connectivity index (χ4v) is 3.13. The second-order valence-electron chi connectivity index (χ2n) is 6.54. The predicted octanol–water partition coefficient (Wildman–Crippen LogP) is 3.40. The van der Waals surface area contributed by atoms with Gasteiger partial charge < -0.3 is 9.64 Å². The first-order chi connectivity index (χ1) is 12.5. The first kappa shape index (κ1) is 17.9. The average Bonchev–Trinajstić information content (AvgIpc) is 3.04. The molecule has 5 nitrogen and oxygen atoms in total. The first-order valence-electron chi connectivity index (χ1n) is 8.63. The SMILES string of the molecule is CC(=O)c1ccc(OC(=O)[C@@H]2CC(=O)N([C@@H](C)c3ccccc3)C2)cc1. The van der Waals surface area contributed by atoms with Gasteiger partial charge >= 0.3 is 5.97 Å². The summed E-state index contributed by atoms with van der Waals surface area (Å²) < 4.78 is 5.39. The fourth-order valence-electron chi connectivity index (χ4n) is 3.13. The standard InChI is InChI=1S/C21H21NO4/c1-14(16-6-4-3-5-7-16)22-13-18(12-20(22)24)21(25)26-19-10-8-17(9-11-19)15(2)23/h3-11,14,18H,12-13H2,1-2H3/t14-,18+/m0/s1. The van der Waals surface area contributed by atoms with Gasteiger partial charge in [-0.2, -0.15) is 0 Å². The van der Waals surface area contributed by atoms with Gasteiger partial charge in [0, 0.05) is 18.5 Å². The summed E-state index contributed by atoms with van der Waals surface area (Å²) in [6.45, 7) is 3.79. The van der Waals surface area contributed by atoms with Crippen molar-refractivity contribution in [3.8, 4) is 5.75 Å². The van der Waals surface area contributed by atoms with Crippen molar-refractivity contribution in [3.05, 3.63) is 65.7 Å². The summed E-state index contributed by atoms with van der Waals surface area (Å²) in [7, 11) is 0. The zero-order valence-corrected chi connectivity index (χ0v) is 14.8. The Morgan fingerprint density at radius 2 is 1.73 bits per heavy atom. The lowest BCUT2D eigenvalue weighted by molar-refractivity contribution is -0.139. The van der Waals surface area contributed by atoms with Gasteiger partial charge in [-0.1, -0.05) is 30.3 Å². The van der Waals surface area contributed by atoms with E-state index in [4.69, 9.17) is 4.74 Å². The minimum Gasteiger partial charge on any atom is -0.426 e. The van der Waals surface area contributed by atoms with Crippen molar-refractivity contribution in [2.24, 2.45) is 5.92 Å². The van der Waals surface area contributed by atoms with E-state index < -0.39 is 11.9 Å². The molecule has 1 aliphatic heterocycles. The second kappa shape index (κ2) is 7.52. The average molecular weight is 351 g/mol. The van der Waals surface area contributed by atoms with Gasteiger partial charge in [0.05, 0.1) is 12.0 Å². The molecule has 26 heavy (non-hydrogen) atoms. The number of carbonyl (C=O) groups is 3. The van der Waals surface area contributed by atoms with Crippen LogP contribution in [0.1, 0.15) is 42.2 Å². The van der Waals surface area contributed by atoms with Crippen molar-refractivity contribution in [1.82, 2.24) is 4.90 Å². The van der Waals surface area contributed by atoms with E-state index in [-0.39, 0.29) is 24.2 Å². The first-order valence-corrected chi connectivity index (χ1v) is 8.63. The maximum atomic E-state index is 12.4. The van der Waals surface area contributed by atoms with Crippen LogP contribution in [0.25, 0.3) is 0 Å². The Kier molecular flexibility index (Phi) is 5.16. The molecular formula is C21H21NO4. The van der Waals surface area contributed by atoms with E-state index in [2.05, 4.69) is 0 Å². The zero-order valence-electron chi connectivity index (χ0n) is 14.8. The highest BCUT2D eigenvalue weighted by atomic mass is 16.5. The normalized spacial score (nSPS) is 17.8. The van der Waals surface area contributed by atoms with Gasteiger partial charge in [-0.05, 0) is 43.7 Å². The summed E-state index contributed by atoms with van der Waals surface area (Å²) in [5.41, 5.74) is 1.60. The van der Waals surface area contributed by atoms with E-state index in [1.165, 1.54) is 6.92 Å². The van der Waals surface area contributed by atoms with Gasteiger partial charge in [0.1, 0.15) is 5.75 Å². The Balaban J connectivity index is 1.64. The van der Waals surface area contributed by atoms with Crippen molar-refractivity contribution >= 4 is 17.7 Å². The van der Waals surface area contributed by atoms with Gasteiger partial charge in [0.2, 0.25) is 5.91 Å². The van der Waals surface area contributed by atoms with Gasteiger partial charge in [0.15, 0.2) is 5.78 Å². The third-order valence-electron chi connectivity index (χ3n) is 4.72. The molecule has 0 N–H and O–H groups in total. The van der Waals surface area contributed by atoms with Crippen LogP contribution in [0.2, 0.25) is 0 Å². The zero-order chi connectivity index (χ0) is 18.7. The number of Topliss-reactive ketones (excluding diaryl/α,β-unsaturated/α-hetero) is 1. The molecule has 1 heterocycles. The Morgan fingerprint density at radius 3 is 2.35 bits per heavy atom. The molecule has 0 radical (unpaired) electrons. The molecule has 1 aliphatic rings. The molecule has 0 bridgehead atoms. The number of ether oxygens (including phenoxy) is 1. The molecule has 0 spiro atoms. The number of amides is 1. The van der Waals surface area contributed by atoms with E-state index in [1.807, 2.05) is 37.3 Å². The largest absolute Gasteiger partial charge is 0.426 e. The number of hydrogen-bond acceptors (Lipinski definition) is 4. The molecule has 0 aliphatic carbocycles. The lowest BCUT2D eigenvalue weighted by Gasteiger charge is -2.25. The monoisotopic (exact) mass is 351 g/mol. The van der Waals surface area contributed by atoms with Crippen LogP contribution in [0, 0.1) is 5.92 Å². The topological polar surface area (TPSA) is 63.7 Å². The molecule has 1 fully saturated rings. The van der Waals surface area contributed by atoms with E-state index in [9.17, 15) is 14.4 Å². The second-order valence-corrected chi connectivity index (χ2v) is 6.54. The van der Waals surface area contributed by atoms with Crippen molar-refractivity contribution < 1.29 is 19.1 Å². The number of rotatable bonds is 5. The van der Waals surface area contributed by atoms with Gasteiger partial charge in [-0.3, -0.25) is 14.4 Å². The molecule has 1 saturated heterocycles. The van der Waals surface area contributed by atoms with Crippen LogP contribution >= 0.6 is 0 Å². The van der Waals surface area contributed by atoms with Crippen molar-refractivity contribution in [2.75, 3.05) is 6.54 Å². The number of nitrogens with zero attached hydrogens (tertiary/aromatic N) is 1. The van der Waals surface area contributed by atoms with Crippen LogP contribution < -0.4 is 4.74 Å². The summed E-state index contributed by atoms with van der Waals surface area (Å²) in [5, 5.41) is 0. The molecule has 2 atom stereocenters. The highest BCUT2D eigenvalue weighted by molar-refractivity contribution is 5.94. The minimum atomic E-state index is -0.485. The van der Waals surface area contributed by atoms with Crippen LogP contribution in [-0.2, 0) is 9.59 Å². The van der Waals surface area contributed by atoms with Gasteiger partial charge in [-0.15, -0.1) is 0 Å². The Hall–Kier alpha value is -2.95. The Morgan fingerprint density at radius 1 is 1.08 bits per heavy atom. The van der Waals surface area contributed by atoms with Gasteiger partial charge in [0.25, 0.3) is 0 Å². The summed E-state index contributed by atoms with van der Waals surface area (Å²) in [4.78, 5) is 37.8. The molecule has 1 amide bonds. The van der Waals surface area contributed by atoms with E-state index in [0.717, 1.165) is 5.56 Å². The van der Waals surface area contributed by atoms with Crippen LogP contribution in [-0.4, -0.2) is 29.1 Å². The maximum Gasteiger partial charge on any atom is 0.316 e. The number of ketones is 1. The van der Waals surface area contributed by atoms with Crippen LogP contribution in [0.15, 0.2) is 54.6 Å². The van der Waals surface area contributed by atoms with Crippen molar-refractivity contribution in [3.63, 3.8) is 0 Å².